The Hall–Kier alpha value is -1.08. The van der Waals surface area contributed by atoms with Gasteiger partial charge in [0.05, 0.1) is 0 Å². The molecular weight excluding hydrogens is 158 g/mol. The molecule has 0 aromatic carbocycles. The van der Waals surface area contributed by atoms with Crippen LogP contribution < -0.4 is 5.73 Å². The van der Waals surface area contributed by atoms with Gasteiger partial charge in [0.2, 0.25) is 0 Å². The van der Waals surface area contributed by atoms with Crippen LogP contribution in [-0.4, -0.2) is 6.04 Å². The van der Waals surface area contributed by atoms with Crippen LogP contribution in [0.1, 0.15) is 12.8 Å². The van der Waals surface area contributed by atoms with Crippen molar-refractivity contribution in [3.05, 3.63) is 48.1 Å². The average molecular weight is 173 g/mol. The highest BCUT2D eigenvalue weighted by Gasteiger charge is 2.17. The Balaban J connectivity index is 2.16. The van der Waals surface area contributed by atoms with E-state index in [4.69, 9.17) is 5.73 Å². The summed E-state index contributed by atoms with van der Waals surface area (Å²) in [5, 5.41) is 0. The molecule has 0 heterocycles. The summed E-state index contributed by atoms with van der Waals surface area (Å²) < 4.78 is 0. The molecule has 2 aliphatic carbocycles. The van der Waals surface area contributed by atoms with Gasteiger partial charge >= 0.3 is 0 Å². The Morgan fingerprint density at radius 1 is 1.15 bits per heavy atom. The fourth-order valence-electron chi connectivity index (χ4n) is 1.84. The molecule has 0 fully saturated rings. The van der Waals surface area contributed by atoms with Gasteiger partial charge in [-0.15, -0.1) is 0 Å². The summed E-state index contributed by atoms with van der Waals surface area (Å²) in [6.07, 6.45) is 17.4. The standard InChI is InChI=1S/C12H15N/c13-12-9-5-4-8-11(12)10-6-2-1-3-7-10/h2,4-9,11-12H,1,3,13H2. The molecule has 0 aromatic rings. The first kappa shape index (κ1) is 8.52. The van der Waals surface area contributed by atoms with Crippen molar-refractivity contribution >= 4 is 0 Å². The predicted octanol–water partition coefficient (Wildman–Crippen LogP) is 2.33. The molecule has 2 atom stereocenters. The monoisotopic (exact) mass is 173 g/mol. The molecule has 0 bridgehead atoms. The van der Waals surface area contributed by atoms with Gasteiger partial charge in [0, 0.05) is 12.0 Å². The maximum Gasteiger partial charge on any atom is 0.0331 e. The van der Waals surface area contributed by atoms with Crippen molar-refractivity contribution in [2.45, 2.75) is 18.9 Å². The Bertz CT molecular complexity index is 294. The van der Waals surface area contributed by atoms with Crippen LogP contribution in [0.15, 0.2) is 48.1 Å². The molecule has 0 aromatic heterocycles. The lowest BCUT2D eigenvalue weighted by Gasteiger charge is -2.22. The molecule has 68 valence electrons. The second-order valence-corrected chi connectivity index (χ2v) is 3.56. The van der Waals surface area contributed by atoms with E-state index >= 15 is 0 Å². The van der Waals surface area contributed by atoms with E-state index in [1.54, 1.807) is 0 Å². The Morgan fingerprint density at radius 2 is 2.00 bits per heavy atom. The number of allylic oxidation sites excluding steroid dienone is 5. The number of rotatable bonds is 1. The second kappa shape index (κ2) is 3.75. The molecule has 2 rings (SSSR count). The lowest BCUT2D eigenvalue weighted by atomic mass is 9.86. The lowest BCUT2D eigenvalue weighted by Crippen LogP contribution is -2.29. The molecule has 0 radical (unpaired) electrons. The van der Waals surface area contributed by atoms with Crippen molar-refractivity contribution in [3.8, 4) is 0 Å². The van der Waals surface area contributed by atoms with Gasteiger partial charge in [0.1, 0.15) is 0 Å². The van der Waals surface area contributed by atoms with E-state index in [-0.39, 0.29) is 6.04 Å². The van der Waals surface area contributed by atoms with Crippen LogP contribution in [0.2, 0.25) is 0 Å². The van der Waals surface area contributed by atoms with E-state index in [0.29, 0.717) is 5.92 Å². The molecule has 0 amide bonds. The van der Waals surface area contributed by atoms with E-state index < -0.39 is 0 Å². The van der Waals surface area contributed by atoms with Crippen LogP contribution in [0.4, 0.5) is 0 Å². The first-order chi connectivity index (χ1) is 6.38. The molecule has 0 saturated carbocycles. The van der Waals surface area contributed by atoms with Gasteiger partial charge in [-0.05, 0) is 18.4 Å². The highest BCUT2D eigenvalue weighted by atomic mass is 14.6. The molecule has 0 saturated heterocycles. The minimum Gasteiger partial charge on any atom is -0.324 e. The van der Waals surface area contributed by atoms with E-state index in [2.05, 4.69) is 36.5 Å². The van der Waals surface area contributed by atoms with Crippen molar-refractivity contribution in [1.82, 2.24) is 0 Å². The van der Waals surface area contributed by atoms with Gasteiger partial charge in [-0.3, -0.25) is 0 Å². The second-order valence-electron chi connectivity index (χ2n) is 3.56. The Morgan fingerprint density at radius 3 is 2.69 bits per heavy atom. The Labute approximate surface area is 79.3 Å². The summed E-state index contributed by atoms with van der Waals surface area (Å²) in [6, 6.07) is 0.152. The summed E-state index contributed by atoms with van der Waals surface area (Å²) in [4.78, 5) is 0. The third kappa shape index (κ3) is 1.81. The quantitative estimate of drug-likeness (QED) is 0.647. The number of hydrogen-bond donors (Lipinski definition) is 1. The average Bonchev–Trinajstić information content (AvgIpc) is 2.20. The Kier molecular flexibility index (Phi) is 2.46. The molecule has 2 N–H and O–H groups in total. The summed E-state index contributed by atoms with van der Waals surface area (Å²) in [5.41, 5.74) is 7.37. The smallest absolute Gasteiger partial charge is 0.0331 e. The first-order valence-corrected chi connectivity index (χ1v) is 4.85. The molecule has 1 heteroatoms. The van der Waals surface area contributed by atoms with Gasteiger partial charge in [0.25, 0.3) is 0 Å². The SMILES string of the molecule is NC1C=CC=CC1C1=CCCC=C1. The van der Waals surface area contributed by atoms with E-state index in [9.17, 15) is 0 Å². The molecule has 0 spiro atoms. The molecule has 1 nitrogen and oxygen atoms in total. The van der Waals surface area contributed by atoms with Gasteiger partial charge in [0.15, 0.2) is 0 Å². The summed E-state index contributed by atoms with van der Waals surface area (Å²) in [5.74, 6) is 0.390. The van der Waals surface area contributed by atoms with Gasteiger partial charge < -0.3 is 5.73 Å². The topological polar surface area (TPSA) is 26.0 Å². The number of hydrogen-bond acceptors (Lipinski definition) is 1. The van der Waals surface area contributed by atoms with Crippen LogP contribution in [0.25, 0.3) is 0 Å². The summed E-state index contributed by atoms with van der Waals surface area (Å²) >= 11 is 0. The van der Waals surface area contributed by atoms with Gasteiger partial charge in [-0.25, -0.2) is 0 Å². The zero-order valence-corrected chi connectivity index (χ0v) is 7.69. The minimum absolute atomic E-state index is 0.152. The third-order valence-corrected chi connectivity index (χ3v) is 2.59. The van der Waals surface area contributed by atoms with E-state index in [0.717, 1.165) is 6.42 Å². The van der Waals surface area contributed by atoms with Crippen molar-refractivity contribution in [2.75, 3.05) is 0 Å². The van der Waals surface area contributed by atoms with Crippen molar-refractivity contribution in [2.24, 2.45) is 11.7 Å². The van der Waals surface area contributed by atoms with Crippen molar-refractivity contribution < 1.29 is 0 Å². The number of nitrogens with two attached hydrogens (primary N) is 1. The van der Waals surface area contributed by atoms with Crippen LogP contribution >= 0.6 is 0 Å². The van der Waals surface area contributed by atoms with Crippen LogP contribution in [0.3, 0.4) is 0 Å². The fraction of sp³-hybridized carbons (Fsp3) is 0.333. The molecular formula is C12H15N. The van der Waals surface area contributed by atoms with Crippen LogP contribution in [0.5, 0.6) is 0 Å². The van der Waals surface area contributed by atoms with Crippen LogP contribution in [-0.2, 0) is 0 Å². The van der Waals surface area contributed by atoms with Crippen LogP contribution in [0, 0.1) is 5.92 Å². The van der Waals surface area contributed by atoms with E-state index in [1.807, 2.05) is 6.08 Å². The molecule has 0 aliphatic heterocycles. The third-order valence-electron chi connectivity index (χ3n) is 2.59. The van der Waals surface area contributed by atoms with Gasteiger partial charge in [-0.1, -0.05) is 42.5 Å². The van der Waals surface area contributed by atoms with Crippen molar-refractivity contribution in [3.63, 3.8) is 0 Å². The normalized spacial score (nSPS) is 31.9. The summed E-state index contributed by atoms with van der Waals surface area (Å²) in [7, 11) is 0. The highest BCUT2D eigenvalue weighted by molar-refractivity contribution is 5.34. The maximum atomic E-state index is 6.00. The largest absolute Gasteiger partial charge is 0.324 e. The molecule has 2 unspecified atom stereocenters. The highest BCUT2D eigenvalue weighted by Crippen LogP contribution is 2.24. The first-order valence-electron chi connectivity index (χ1n) is 4.85. The minimum atomic E-state index is 0.152. The molecule has 13 heavy (non-hydrogen) atoms. The fourth-order valence-corrected chi connectivity index (χ4v) is 1.84. The zero-order chi connectivity index (χ0) is 9.10. The van der Waals surface area contributed by atoms with E-state index in [1.165, 1.54) is 12.0 Å². The van der Waals surface area contributed by atoms with Crippen molar-refractivity contribution in [1.29, 1.82) is 0 Å². The molecule has 2 aliphatic rings. The van der Waals surface area contributed by atoms with Gasteiger partial charge in [-0.2, -0.15) is 0 Å². The lowest BCUT2D eigenvalue weighted by molar-refractivity contribution is 0.655. The maximum absolute atomic E-state index is 6.00. The zero-order valence-electron chi connectivity index (χ0n) is 7.69. The summed E-state index contributed by atoms with van der Waals surface area (Å²) in [6.45, 7) is 0. The predicted molar refractivity (Wildman–Crippen MR) is 56.2 cm³/mol.